The maximum absolute atomic E-state index is 14.3. The summed E-state index contributed by atoms with van der Waals surface area (Å²) in [6, 6.07) is 6.07. The van der Waals surface area contributed by atoms with Crippen molar-refractivity contribution in [1.82, 2.24) is 15.0 Å². The van der Waals surface area contributed by atoms with Crippen LogP contribution < -0.4 is 4.74 Å². The van der Waals surface area contributed by atoms with Crippen LogP contribution in [-0.2, 0) is 10.3 Å². The summed E-state index contributed by atoms with van der Waals surface area (Å²) in [5.41, 5.74) is 0.445. The Balaban J connectivity index is 1.92. The topological polar surface area (TPSA) is 57.1 Å². The quantitative estimate of drug-likeness (QED) is 0.437. The van der Waals surface area contributed by atoms with Gasteiger partial charge in [-0.1, -0.05) is 12.0 Å². The van der Waals surface area contributed by atoms with Crippen LogP contribution in [0.1, 0.15) is 18.2 Å². The van der Waals surface area contributed by atoms with E-state index >= 15 is 0 Å². The van der Waals surface area contributed by atoms with Gasteiger partial charge in [-0.05, 0) is 25.1 Å². The van der Waals surface area contributed by atoms with Gasteiger partial charge in [0.15, 0.2) is 0 Å². The average Bonchev–Trinajstić information content (AvgIpc) is 2.72. The monoisotopic (exact) mass is 417 g/mol. The largest absolute Gasteiger partial charge is 0.573 e. The van der Waals surface area contributed by atoms with Crippen molar-refractivity contribution in [2.45, 2.75) is 18.9 Å². The first-order valence-corrected chi connectivity index (χ1v) is 8.58. The summed E-state index contributed by atoms with van der Waals surface area (Å²) in [6.07, 6.45) is 6.30. The molecule has 0 bridgehead atoms. The van der Waals surface area contributed by atoms with Gasteiger partial charge in [-0.25, -0.2) is 14.4 Å². The highest BCUT2D eigenvalue weighted by Gasteiger charge is 2.33. The highest BCUT2D eigenvalue weighted by Crippen LogP contribution is 2.33. The lowest BCUT2D eigenvalue weighted by molar-refractivity contribution is -0.274. The number of nitrogens with zero attached hydrogens (tertiary/aromatic N) is 3. The zero-order valence-corrected chi connectivity index (χ0v) is 15.7. The third-order valence-electron chi connectivity index (χ3n) is 4.29. The van der Waals surface area contributed by atoms with E-state index < -0.39 is 23.5 Å². The molecule has 0 fully saturated rings. The number of halogens is 4. The standard InChI is InChI=1S/C21H15F4N3O2/c1-3-8-29-20(2,15-11-26-13-27-12-15)19-7-4-14(10-28-19)17-6-5-16(9-18(17)22)30-21(23,24)25/h1,4-7,9-13H,8H2,2H3. The van der Waals surface area contributed by atoms with Crippen LogP contribution in [0.3, 0.4) is 0 Å². The minimum absolute atomic E-state index is 0.00409. The predicted octanol–water partition coefficient (Wildman–Crippen LogP) is 4.49. The number of pyridine rings is 1. The molecule has 0 aliphatic rings. The third-order valence-corrected chi connectivity index (χ3v) is 4.29. The number of terminal acetylenes is 1. The fourth-order valence-electron chi connectivity index (χ4n) is 2.80. The molecule has 1 aromatic carbocycles. The van der Waals surface area contributed by atoms with Gasteiger partial charge >= 0.3 is 6.36 Å². The SMILES string of the molecule is C#CCOC(C)(c1cncnc1)c1ccc(-c2ccc(OC(F)(F)F)cc2F)cn1. The van der Waals surface area contributed by atoms with Crippen LogP contribution >= 0.6 is 0 Å². The van der Waals surface area contributed by atoms with E-state index in [-0.39, 0.29) is 12.2 Å². The first-order valence-electron chi connectivity index (χ1n) is 8.58. The minimum Gasteiger partial charge on any atom is -0.406 e. The van der Waals surface area contributed by atoms with Crippen LogP contribution in [-0.4, -0.2) is 27.9 Å². The first kappa shape index (κ1) is 21.2. The van der Waals surface area contributed by atoms with Crippen molar-refractivity contribution in [2.75, 3.05) is 6.61 Å². The van der Waals surface area contributed by atoms with Crippen molar-refractivity contribution in [3.63, 3.8) is 0 Å². The molecule has 2 heterocycles. The molecule has 2 aromatic heterocycles. The molecule has 30 heavy (non-hydrogen) atoms. The number of hydrogen-bond donors (Lipinski definition) is 0. The lowest BCUT2D eigenvalue weighted by Crippen LogP contribution is -2.29. The molecule has 3 aromatic rings. The normalized spacial score (nSPS) is 13.3. The van der Waals surface area contributed by atoms with Crippen molar-refractivity contribution in [3.05, 3.63) is 72.3 Å². The van der Waals surface area contributed by atoms with Crippen LogP contribution in [0.5, 0.6) is 5.75 Å². The Morgan fingerprint density at radius 2 is 1.80 bits per heavy atom. The zero-order chi connectivity index (χ0) is 21.8. The molecule has 3 rings (SSSR count). The molecule has 1 atom stereocenters. The van der Waals surface area contributed by atoms with Crippen LogP contribution in [0.4, 0.5) is 17.6 Å². The van der Waals surface area contributed by atoms with E-state index in [2.05, 4.69) is 25.6 Å². The van der Waals surface area contributed by atoms with Gasteiger partial charge in [0.25, 0.3) is 0 Å². The van der Waals surface area contributed by atoms with E-state index in [1.165, 1.54) is 18.6 Å². The second-order valence-electron chi connectivity index (χ2n) is 6.27. The maximum atomic E-state index is 14.3. The van der Waals surface area contributed by atoms with E-state index in [1.807, 2.05) is 0 Å². The summed E-state index contributed by atoms with van der Waals surface area (Å²) < 4.78 is 60.7. The van der Waals surface area contributed by atoms with Crippen LogP contribution in [0.25, 0.3) is 11.1 Å². The number of rotatable bonds is 6. The van der Waals surface area contributed by atoms with Crippen LogP contribution in [0, 0.1) is 18.2 Å². The highest BCUT2D eigenvalue weighted by atomic mass is 19.4. The van der Waals surface area contributed by atoms with Crippen molar-refractivity contribution in [1.29, 1.82) is 0 Å². The van der Waals surface area contributed by atoms with Crippen molar-refractivity contribution in [2.24, 2.45) is 0 Å². The third kappa shape index (κ3) is 4.72. The molecule has 0 saturated heterocycles. The molecule has 0 aliphatic heterocycles. The zero-order valence-electron chi connectivity index (χ0n) is 15.7. The fourth-order valence-corrected chi connectivity index (χ4v) is 2.80. The molecule has 0 N–H and O–H groups in total. The summed E-state index contributed by atoms with van der Waals surface area (Å²) in [6.45, 7) is 1.75. The number of benzene rings is 1. The van der Waals surface area contributed by atoms with E-state index in [9.17, 15) is 17.6 Å². The summed E-state index contributed by atoms with van der Waals surface area (Å²) >= 11 is 0. The molecule has 0 amide bonds. The molecule has 5 nitrogen and oxygen atoms in total. The number of alkyl halides is 3. The minimum atomic E-state index is -4.90. The first-order chi connectivity index (χ1) is 14.2. The van der Waals surface area contributed by atoms with Crippen molar-refractivity contribution in [3.8, 4) is 29.2 Å². The van der Waals surface area contributed by atoms with Gasteiger partial charge in [0.05, 0.1) is 5.69 Å². The number of hydrogen-bond acceptors (Lipinski definition) is 5. The lowest BCUT2D eigenvalue weighted by atomic mass is 9.93. The Kier molecular flexibility index (Phi) is 5.99. The average molecular weight is 417 g/mol. The van der Waals surface area contributed by atoms with Gasteiger partial charge in [0, 0.05) is 41.3 Å². The van der Waals surface area contributed by atoms with Gasteiger partial charge in [-0.3, -0.25) is 4.98 Å². The van der Waals surface area contributed by atoms with Gasteiger partial charge in [0.1, 0.15) is 30.1 Å². The van der Waals surface area contributed by atoms with Gasteiger partial charge in [-0.15, -0.1) is 19.6 Å². The Morgan fingerprint density at radius 3 is 2.37 bits per heavy atom. The molecule has 0 spiro atoms. The van der Waals surface area contributed by atoms with E-state index in [0.29, 0.717) is 22.9 Å². The van der Waals surface area contributed by atoms with Crippen molar-refractivity contribution < 1.29 is 27.0 Å². The Labute approximate surface area is 169 Å². The summed E-state index contributed by atoms with van der Waals surface area (Å²) in [5, 5.41) is 0. The second kappa shape index (κ2) is 8.47. The molecule has 154 valence electrons. The summed E-state index contributed by atoms with van der Waals surface area (Å²) in [4.78, 5) is 12.3. The maximum Gasteiger partial charge on any atom is 0.573 e. The van der Waals surface area contributed by atoms with E-state index in [1.54, 1.807) is 31.5 Å². The molecule has 0 saturated carbocycles. The van der Waals surface area contributed by atoms with Crippen LogP contribution in [0.2, 0.25) is 0 Å². The fraction of sp³-hybridized carbons (Fsp3) is 0.190. The Bertz CT molecular complexity index is 1050. The van der Waals surface area contributed by atoms with Gasteiger partial charge in [-0.2, -0.15) is 0 Å². The van der Waals surface area contributed by atoms with E-state index in [0.717, 1.165) is 6.07 Å². The predicted molar refractivity (Wildman–Crippen MR) is 99.6 cm³/mol. The lowest BCUT2D eigenvalue weighted by Gasteiger charge is -2.28. The van der Waals surface area contributed by atoms with E-state index in [4.69, 9.17) is 11.2 Å². The molecular weight excluding hydrogens is 402 g/mol. The van der Waals surface area contributed by atoms with Crippen LogP contribution in [0.15, 0.2) is 55.2 Å². The molecule has 0 aliphatic carbocycles. The molecule has 9 heteroatoms. The van der Waals surface area contributed by atoms with Gasteiger partial charge in [0.2, 0.25) is 0 Å². The number of aromatic nitrogens is 3. The van der Waals surface area contributed by atoms with Gasteiger partial charge < -0.3 is 9.47 Å². The molecule has 0 radical (unpaired) electrons. The highest BCUT2D eigenvalue weighted by molar-refractivity contribution is 5.64. The second-order valence-corrected chi connectivity index (χ2v) is 6.27. The summed E-state index contributed by atoms with van der Waals surface area (Å²) in [5.74, 6) is 0.870. The Hall–Kier alpha value is -3.51. The molecule has 1 unspecified atom stereocenters. The number of ether oxygens (including phenoxy) is 2. The Morgan fingerprint density at radius 1 is 1.07 bits per heavy atom. The smallest absolute Gasteiger partial charge is 0.406 e. The molecular formula is C21H15F4N3O2. The van der Waals surface area contributed by atoms with Crippen molar-refractivity contribution >= 4 is 0 Å². The summed E-state index contributed by atoms with van der Waals surface area (Å²) in [7, 11) is 0.